The maximum absolute atomic E-state index is 12.8. The van der Waals surface area contributed by atoms with Crippen LogP contribution >= 0.6 is 15.9 Å². The van der Waals surface area contributed by atoms with Crippen molar-refractivity contribution < 1.29 is 33.3 Å². The third-order valence-electron chi connectivity index (χ3n) is 4.90. The average Bonchev–Trinajstić information content (AvgIpc) is 3.12. The van der Waals surface area contributed by atoms with Crippen LogP contribution in [0.2, 0.25) is 0 Å². The van der Waals surface area contributed by atoms with Gasteiger partial charge in [0.15, 0.2) is 17.3 Å². The van der Waals surface area contributed by atoms with E-state index in [1.54, 1.807) is 12.1 Å². The smallest absolute Gasteiger partial charge is 0.343 e. The summed E-state index contributed by atoms with van der Waals surface area (Å²) in [6.07, 6.45) is 1.66. The van der Waals surface area contributed by atoms with Gasteiger partial charge in [-0.15, -0.1) is 0 Å². The summed E-state index contributed by atoms with van der Waals surface area (Å²) in [5.41, 5.74) is 1.41. The van der Waals surface area contributed by atoms with E-state index in [2.05, 4.69) is 15.9 Å². The largest absolute Gasteiger partial charge is 0.493 e. The Morgan fingerprint density at radius 3 is 2.30 bits per heavy atom. The highest BCUT2D eigenvalue weighted by molar-refractivity contribution is 9.10. The molecule has 0 fully saturated rings. The number of hydrogen-bond donors (Lipinski definition) is 0. The molecule has 0 aromatic heterocycles. The van der Waals surface area contributed by atoms with Gasteiger partial charge in [-0.2, -0.15) is 0 Å². The molecule has 0 aliphatic carbocycles. The Kier molecular flexibility index (Phi) is 6.37. The average molecular weight is 511 g/mol. The first-order valence-electron chi connectivity index (χ1n) is 9.79. The van der Waals surface area contributed by atoms with E-state index in [-0.39, 0.29) is 22.9 Å². The second kappa shape index (κ2) is 9.38. The molecule has 0 unspecified atom stereocenters. The number of Topliss-reactive ketones (excluding diaryl/α,β-unsaturated/α-hetero) is 1. The van der Waals surface area contributed by atoms with Crippen LogP contribution in [-0.2, 0) is 0 Å². The highest BCUT2D eigenvalue weighted by Gasteiger charge is 2.28. The van der Waals surface area contributed by atoms with Gasteiger partial charge in [-0.1, -0.05) is 28.1 Å². The van der Waals surface area contributed by atoms with Gasteiger partial charge in [0, 0.05) is 10.5 Å². The first-order valence-corrected chi connectivity index (χ1v) is 10.6. The molecule has 0 radical (unpaired) electrons. The third kappa shape index (κ3) is 4.56. The zero-order valence-electron chi connectivity index (χ0n) is 18.0. The van der Waals surface area contributed by atoms with Crippen molar-refractivity contribution in [3.05, 3.63) is 81.5 Å². The highest BCUT2D eigenvalue weighted by Crippen LogP contribution is 2.39. The lowest BCUT2D eigenvalue weighted by Crippen LogP contribution is -2.09. The Balaban J connectivity index is 1.57. The Bertz CT molecular complexity index is 1250. The van der Waals surface area contributed by atoms with Crippen LogP contribution in [0.4, 0.5) is 0 Å². The Hall–Kier alpha value is -3.78. The summed E-state index contributed by atoms with van der Waals surface area (Å²) in [5.74, 6) is 0.876. The van der Waals surface area contributed by atoms with Crippen LogP contribution in [0.1, 0.15) is 26.3 Å². The first-order chi connectivity index (χ1) is 15.9. The monoisotopic (exact) mass is 510 g/mol. The molecule has 8 heteroatoms. The molecule has 3 aromatic rings. The molecule has 0 amide bonds. The van der Waals surface area contributed by atoms with E-state index in [1.807, 2.05) is 24.3 Å². The van der Waals surface area contributed by atoms with Crippen molar-refractivity contribution in [3.8, 4) is 28.7 Å². The first kappa shape index (κ1) is 22.4. The molecule has 168 valence electrons. The van der Waals surface area contributed by atoms with Gasteiger partial charge in [-0.3, -0.25) is 4.79 Å². The number of halogens is 1. The lowest BCUT2D eigenvalue weighted by atomic mass is 10.1. The molecular formula is C25H19BrO7. The van der Waals surface area contributed by atoms with Crippen molar-refractivity contribution in [2.45, 2.75) is 0 Å². The fourth-order valence-corrected chi connectivity index (χ4v) is 3.76. The van der Waals surface area contributed by atoms with Crippen molar-refractivity contribution in [1.29, 1.82) is 0 Å². The van der Waals surface area contributed by atoms with Gasteiger partial charge in [0.2, 0.25) is 11.5 Å². The molecule has 33 heavy (non-hydrogen) atoms. The lowest BCUT2D eigenvalue weighted by molar-refractivity contribution is 0.0733. The quantitative estimate of drug-likeness (QED) is 0.252. The molecule has 7 nitrogen and oxygen atoms in total. The Morgan fingerprint density at radius 1 is 0.939 bits per heavy atom. The number of carbonyl (C=O) groups excluding carboxylic acids is 2. The molecule has 0 bridgehead atoms. The fraction of sp³-hybridized carbons (Fsp3) is 0.120. The van der Waals surface area contributed by atoms with E-state index in [4.69, 9.17) is 23.7 Å². The Labute approximate surface area is 198 Å². The van der Waals surface area contributed by atoms with Gasteiger partial charge in [0.25, 0.3) is 0 Å². The van der Waals surface area contributed by atoms with E-state index in [0.29, 0.717) is 28.6 Å². The summed E-state index contributed by atoms with van der Waals surface area (Å²) < 4.78 is 28.0. The second-order valence-electron chi connectivity index (χ2n) is 6.96. The highest BCUT2D eigenvalue weighted by atomic mass is 79.9. The number of ketones is 1. The molecule has 3 aromatic carbocycles. The molecule has 0 saturated carbocycles. The normalized spacial score (nSPS) is 13.3. The van der Waals surface area contributed by atoms with E-state index >= 15 is 0 Å². The maximum atomic E-state index is 12.8. The van der Waals surface area contributed by atoms with E-state index in [0.717, 1.165) is 10.0 Å². The van der Waals surface area contributed by atoms with Crippen LogP contribution in [0, 0.1) is 0 Å². The number of ether oxygens (including phenoxy) is 5. The maximum Gasteiger partial charge on any atom is 0.343 e. The number of carbonyl (C=O) groups is 2. The van der Waals surface area contributed by atoms with E-state index in [1.165, 1.54) is 45.6 Å². The summed E-state index contributed by atoms with van der Waals surface area (Å²) in [6, 6.07) is 15.1. The van der Waals surface area contributed by atoms with Crippen LogP contribution in [-0.4, -0.2) is 33.1 Å². The number of benzene rings is 3. The zero-order valence-corrected chi connectivity index (χ0v) is 19.6. The second-order valence-corrected chi connectivity index (χ2v) is 7.87. The topological polar surface area (TPSA) is 80.3 Å². The number of fused-ring (bicyclic) bond motifs is 1. The molecule has 0 N–H and O–H groups in total. The number of hydrogen-bond acceptors (Lipinski definition) is 7. The number of methoxy groups -OCH3 is 3. The molecule has 0 atom stereocenters. The number of allylic oxidation sites excluding steroid dienone is 1. The fourth-order valence-electron chi connectivity index (χ4n) is 3.34. The summed E-state index contributed by atoms with van der Waals surface area (Å²) >= 11 is 3.41. The SMILES string of the molecule is COc1cc(C(=O)Oc2ccc3c(c2)OC(=Cc2cccc(Br)c2)C3=O)cc(OC)c1OC. The standard InChI is InChI=1S/C25H19BrO7/c1-29-21-11-15(12-22(30-2)24(21)31-3)25(28)32-17-7-8-18-19(13-17)33-20(23(18)27)10-14-5-4-6-16(26)9-14/h4-13H,1-3H3. The summed E-state index contributed by atoms with van der Waals surface area (Å²) in [6.45, 7) is 0. The zero-order chi connectivity index (χ0) is 23.5. The lowest BCUT2D eigenvalue weighted by Gasteiger charge is -2.13. The van der Waals surface area contributed by atoms with Gasteiger partial charge in [-0.05, 0) is 48.0 Å². The number of esters is 1. The van der Waals surface area contributed by atoms with E-state index in [9.17, 15) is 9.59 Å². The van der Waals surface area contributed by atoms with Crippen LogP contribution < -0.4 is 23.7 Å². The minimum atomic E-state index is -0.636. The summed E-state index contributed by atoms with van der Waals surface area (Å²) in [7, 11) is 4.39. The van der Waals surface area contributed by atoms with Gasteiger partial charge in [0.05, 0.1) is 32.5 Å². The minimum Gasteiger partial charge on any atom is -0.493 e. The van der Waals surface area contributed by atoms with Gasteiger partial charge < -0.3 is 23.7 Å². The molecule has 0 saturated heterocycles. The Morgan fingerprint density at radius 2 is 1.67 bits per heavy atom. The van der Waals surface area contributed by atoms with Crippen LogP contribution in [0.3, 0.4) is 0 Å². The molecular weight excluding hydrogens is 492 g/mol. The molecule has 1 heterocycles. The minimum absolute atomic E-state index is 0.191. The molecule has 4 rings (SSSR count). The van der Waals surface area contributed by atoms with Crippen molar-refractivity contribution in [2.75, 3.05) is 21.3 Å². The predicted octanol–water partition coefficient (Wildman–Crippen LogP) is 5.31. The predicted molar refractivity (Wildman–Crippen MR) is 125 cm³/mol. The number of rotatable bonds is 6. The molecule has 0 spiro atoms. The van der Waals surface area contributed by atoms with E-state index < -0.39 is 5.97 Å². The van der Waals surface area contributed by atoms with Gasteiger partial charge in [0.1, 0.15) is 11.5 Å². The van der Waals surface area contributed by atoms with Gasteiger partial charge >= 0.3 is 5.97 Å². The van der Waals surface area contributed by atoms with Crippen molar-refractivity contribution >= 4 is 33.8 Å². The molecule has 1 aliphatic rings. The summed E-state index contributed by atoms with van der Waals surface area (Å²) in [4.78, 5) is 25.4. The van der Waals surface area contributed by atoms with Crippen molar-refractivity contribution in [3.63, 3.8) is 0 Å². The van der Waals surface area contributed by atoms with Crippen LogP contribution in [0.15, 0.2) is 64.8 Å². The van der Waals surface area contributed by atoms with Crippen molar-refractivity contribution in [2.24, 2.45) is 0 Å². The van der Waals surface area contributed by atoms with Gasteiger partial charge in [-0.25, -0.2) is 4.79 Å². The van der Waals surface area contributed by atoms with Crippen LogP contribution in [0.25, 0.3) is 6.08 Å². The van der Waals surface area contributed by atoms with Crippen molar-refractivity contribution in [1.82, 2.24) is 0 Å². The third-order valence-corrected chi connectivity index (χ3v) is 5.39. The molecule has 1 aliphatic heterocycles. The summed E-state index contributed by atoms with van der Waals surface area (Å²) in [5, 5.41) is 0. The van der Waals surface area contributed by atoms with Crippen LogP contribution in [0.5, 0.6) is 28.7 Å².